The van der Waals surface area contributed by atoms with E-state index in [2.05, 4.69) is 52.8 Å². The van der Waals surface area contributed by atoms with E-state index in [1.54, 1.807) is 0 Å². The first-order chi connectivity index (χ1) is 13.0. The fraction of sp³-hybridized carbons (Fsp3) is 0.545. The molecule has 5 nitrogen and oxygen atoms in total. The third-order valence-corrected chi connectivity index (χ3v) is 5.61. The number of hydrogen-bond acceptors (Lipinski definition) is 3. The number of benzene rings is 1. The fourth-order valence-corrected chi connectivity index (χ4v) is 4.05. The summed E-state index contributed by atoms with van der Waals surface area (Å²) in [4.78, 5) is 4.39. The summed E-state index contributed by atoms with van der Waals surface area (Å²) >= 11 is 0. The Hall–Kier alpha value is -1.57. The van der Waals surface area contributed by atoms with Gasteiger partial charge in [-0.15, -0.1) is 24.0 Å². The van der Waals surface area contributed by atoms with Crippen molar-refractivity contribution in [1.82, 2.24) is 15.8 Å². The number of aryl methyl sites for hydroxylation is 4. The highest BCUT2D eigenvalue weighted by Gasteiger charge is 2.17. The molecule has 0 bridgehead atoms. The van der Waals surface area contributed by atoms with Crippen LogP contribution >= 0.6 is 24.0 Å². The number of nitrogens with one attached hydrogen (secondary N) is 2. The van der Waals surface area contributed by atoms with Crippen LogP contribution in [0.5, 0.6) is 0 Å². The Morgan fingerprint density at radius 2 is 1.89 bits per heavy atom. The van der Waals surface area contributed by atoms with Crippen molar-refractivity contribution in [1.29, 1.82) is 0 Å². The molecule has 6 heteroatoms. The zero-order chi connectivity index (χ0) is 19.4. The summed E-state index contributed by atoms with van der Waals surface area (Å²) in [5.74, 6) is 2.01. The molecule has 0 fully saturated rings. The smallest absolute Gasteiger partial charge is 0.191 e. The Labute approximate surface area is 185 Å². The number of hydrogen-bond donors (Lipinski definition) is 2. The van der Waals surface area contributed by atoms with E-state index in [1.165, 1.54) is 47.9 Å². The van der Waals surface area contributed by atoms with E-state index in [4.69, 9.17) is 4.52 Å². The summed E-state index contributed by atoms with van der Waals surface area (Å²) in [5.41, 5.74) is 6.50. The van der Waals surface area contributed by atoms with Crippen molar-refractivity contribution in [2.24, 2.45) is 4.99 Å². The monoisotopic (exact) mass is 496 g/mol. The molecular formula is C22H33IN4O. The van der Waals surface area contributed by atoms with Gasteiger partial charge in [0.25, 0.3) is 0 Å². The van der Waals surface area contributed by atoms with Crippen molar-refractivity contribution in [3.63, 3.8) is 0 Å². The van der Waals surface area contributed by atoms with Crippen LogP contribution in [-0.4, -0.2) is 24.7 Å². The molecule has 2 aromatic rings. The van der Waals surface area contributed by atoms with E-state index >= 15 is 0 Å². The van der Waals surface area contributed by atoms with Gasteiger partial charge in [-0.1, -0.05) is 30.3 Å². The van der Waals surface area contributed by atoms with Crippen LogP contribution in [0.2, 0.25) is 0 Å². The second-order valence-corrected chi connectivity index (χ2v) is 7.69. The van der Waals surface area contributed by atoms with Crippen molar-refractivity contribution in [2.75, 3.05) is 13.6 Å². The average molecular weight is 496 g/mol. The van der Waals surface area contributed by atoms with Crippen LogP contribution in [0, 0.1) is 13.8 Å². The van der Waals surface area contributed by atoms with E-state index in [9.17, 15) is 0 Å². The molecule has 0 aliphatic heterocycles. The van der Waals surface area contributed by atoms with E-state index in [1.807, 2.05) is 20.9 Å². The molecule has 1 aromatic carbocycles. The molecule has 28 heavy (non-hydrogen) atoms. The number of aliphatic imine (C=N–C) groups is 1. The van der Waals surface area contributed by atoms with Gasteiger partial charge in [0.05, 0.1) is 11.7 Å². The Morgan fingerprint density at radius 1 is 1.18 bits per heavy atom. The molecule has 2 unspecified atom stereocenters. The first-order valence-electron chi connectivity index (χ1n) is 10.0. The van der Waals surface area contributed by atoms with Crippen LogP contribution in [0.25, 0.3) is 0 Å². The second-order valence-electron chi connectivity index (χ2n) is 7.69. The number of fused-ring (bicyclic) bond motifs is 1. The lowest BCUT2D eigenvalue weighted by Gasteiger charge is -2.22. The Bertz CT molecular complexity index is 795. The molecule has 0 saturated carbocycles. The molecule has 3 rings (SSSR count). The molecule has 1 heterocycles. The predicted octanol–water partition coefficient (Wildman–Crippen LogP) is 4.82. The van der Waals surface area contributed by atoms with Crippen LogP contribution in [0.1, 0.15) is 72.4 Å². The van der Waals surface area contributed by atoms with Crippen molar-refractivity contribution in [2.45, 2.75) is 65.3 Å². The number of nitrogens with zero attached hydrogens (tertiary/aromatic N) is 2. The van der Waals surface area contributed by atoms with Crippen molar-refractivity contribution in [3.05, 3.63) is 51.9 Å². The molecule has 1 aliphatic rings. The summed E-state index contributed by atoms with van der Waals surface area (Å²) in [6, 6.07) is 7.13. The number of rotatable bonds is 5. The second kappa shape index (κ2) is 10.3. The molecule has 0 spiro atoms. The first kappa shape index (κ1) is 22.7. The van der Waals surface area contributed by atoms with Gasteiger partial charge in [0, 0.05) is 25.1 Å². The minimum Gasteiger partial charge on any atom is -0.361 e. The molecule has 0 radical (unpaired) electrons. The summed E-state index contributed by atoms with van der Waals surface area (Å²) in [7, 11) is 1.81. The Morgan fingerprint density at radius 3 is 2.54 bits per heavy atom. The maximum absolute atomic E-state index is 5.29. The van der Waals surface area contributed by atoms with E-state index in [0.717, 1.165) is 24.0 Å². The lowest BCUT2D eigenvalue weighted by molar-refractivity contribution is 0.391. The predicted molar refractivity (Wildman–Crippen MR) is 126 cm³/mol. The molecule has 1 aliphatic carbocycles. The van der Waals surface area contributed by atoms with Crippen LogP contribution in [0.15, 0.2) is 27.7 Å². The lowest BCUT2D eigenvalue weighted by atomic mass is 9.89. The molecule has 0 saturated heterocycles. The minimum atomic E-state index is 0. The highest BCUT2D eigenvalue weighted by atomic mass is 127. The molecular weight excluding hydrogens is 463 g/mol. The number of guanidine groups is 1. The van der Waals surface area contributed by atoms with E-state index in [-0.39, 0.29) is 30.0 Å². The van der Waals surface area contributed by atoms with Gasteiger partial charge in [-0.05, 0) is 63.1 Å². The first-order valence-corrected chi connectivity index (χ1v) is 10.0. The highest BCUT2D eigenvalue weighted by Crippen LogP contribution is 2.25. The quantitative estimate of drug-likeness (QED) is 0.354. The van der Waals surface area contributed by atoms with Crippen molar-refractivity contribution >= 4 is 29.9 Å². The van der Waals surface area contributed by atoms with Crippen LogP contribution < -0.4 is 10.6 Å². The van der Waals surface area contributed by atoms with Gasteiger partial charge in [-0.25, -0.2) is 0 Å². The molecule has 1 aromatic heterocycles. The van der Waals surface area contributed by atoms with E-state index < -0.39 is 0 Å². The van der Waals surface area contributed by atoms with Crippen molar-refractivity contribution < 1.29 is 4.52 Å². The zero-order valence-corrected chi connectivity index (χ0v) is 20.0. The topological polar surface area (TPSA) is 62.5 Å². The summed E-state index contributed by atoms with van der Waals surface area (Å²) in [5, 5.41) is 11.0. The standard InChI is InChI=1S/C22H32N4O.HI/c1-14(21-16(3)26-27-17(21)4)13-24-22(23-5)25-15(2)19-11-10-18-8-6-7-9-20(18)12-19;/h10-12,14-15H,6-9,13H2,1-5H3,(H2,23,24,25);1H. The minimum absolute atomic E-state index is 0. The fourth-order valence-electron chi connectivity index (χ4n) is 4.05. The van der Waals surface area contributed by atoms with Gasteiger partial charge in [-0.3, -0.25) is 4.99 Å². The van der Waals surface area contributed by atoms with Gasteiger partial charge in [0.15, 0.2) is 5.96 Å². The maximum atomic E-state index is 5.29. The number of halogens is 1. The van der Waals surface area contributed by atoms with Crippen LogP contribution in [0.4, 0.5) is 0 Å². The largest absolute Gasteiger partial charge is 0.361 e. The Balaban J connectivity index is 0.00000280. The molecule has 154 valence electrons. The number of aromatic nitrogens is 1. The van der Waals surface area contributed by atoms with Gasteiger partial charge in [0.1, 0.15) is 5.76 Å². The summed E-state index contributed by atoms with van der Waals surface area (Å²) in [6.07, 6.45) is 5.05. The maximum Gasteiger partial charge on any atom is 0.191 e. The highest BCUT2D eigenvalue weighted by molar-refractivity contribution is 14.0. The SMILES string of the molecule is CN=C(NCC(C)c1c(C)noc1C)NC(C)c1ccc2c(c1)CCCC2.I. The van der Waals surface area contributed by atoms with E-state index in [0.29, 0.717) is 5.92 Å². The molecule has 2 atom stereocenters. The third kappa shape index (κ3) is 5.27. The van der Waals surface area contributed by atoms with Gasteiger partial charge in [0.2, 0.25) is 0 Å². The summed E-state index contributed by atoms with van der Waals surface area (Å²) < 4.78 is 5.29. The normalized spacial score (nSPS) is 16.0. The van der Waals surface area contributed by atoms with Crippen LogP contribution in [-0.2, 0) is 12.8 Å². The summed E-state index contributed by atoms with van der Waals surface area (Å²) in [6.45, 7) is 9.11. The van der Waals surface area contributed by atoms with Gasteiger partial charge < -0.3 is 15.2 Å². The van der Waals surface area contributed by atoms with Crippen molar-refractivity contribution in [3.8, 4) is 0 Å². The van der Waals surface area contributed by atoms with Gasteiger partial charge >= 0.3 is 0 Å². The van der Waals surface area contributed by atoms with Crippen LogP contribution in [0.3, 0.4) is 0 Å². The zero-order valence-electron chi connectivity index (χ0n) is 17.6. The Kier molecular flexibility index (Phi) is 8.34. The molecule has 0 amide bonds. The third-order valence-electron chi connectivity index (χ3n) is 5.61. The molecule has 2 N–H and O–H groups in total. The lowest BCUT2D eigenvalue weighted by Crippen LogP contribution is -2.40. The van der Waals surface area contributed by atoms with Gasteiger partial charge in [-0.2, -0.15) is 0 Å². The average Bonchev–Trinajstić information content (AvgIpc) is 3.02.